The molecule has 1 aromatic rings. The largest absolute Gasteiger partial charge is 0.448 e. The SMILES string of the molecule is O=C(CCCN1CCOC1=O)NCCc1ccc(Cl)cc1Cl. The molecule has 1 aliphatic heterocycles. The van der Waals surface area contributed by atoms with Gasteiger partial charge in [0.25, 0.3) is 0 Å². The van der Waals surface area contributed by atoms with Crippen LogP contribution in [-0.2, 0) is 16.0 Å². The van der Waals surface area contributed by atoms with Gasteiger partial charge in [0.1, 0.15) is 6.61 Å². The molecule has 22 heavy (non-hydrogen) atoms. The van der Waals surface area contributed by atoms with E-state index in [1.54, 1.807) is 17.0 Å². The van der Waals surface area contributed by atoms with Gasteiger partial charge >= 0.3 is 6.09 Å². The first-order chi connectivity index (χ1) is 10.6. The molecule has 1 saturated heterocycles. The number of carbonyl (C=O) groups excluding carboxylic acids is 2. The zero-order valence-corrected chi connectivity index (χ0v) is 13.6. The molecule has 0 atom stereocenters. The molecule has 0 radical (unpaired) electrons. The van der Waals surface area contributed by atoms with Crippen LogP contribution in [0.3, 0.4) is 0 Å². The fourth-order valence-corrected chi connectivity index (χ4v) is 2.71. The van der Waals surface area contributed by atoms with Crippen molar-refractivity contribution in [2.45, 2.75) is 19.3 Å². The van der Waals surface area contributed by atoms with Crippen molar-refractivity contribution in [3.8, 4) is 0 Å². The summed E-state index contributed by atoms with van der Waals surface area (Å²) >= 11 is 11.9. The summed E-state index contributed by atoms with van der Waals surface area (Å²) in [4.78, 5) is 24.6. The van der Waals surface area contributed by atoms with Gasteiger partial charge in [0, 0.05) is 29.6 Å². The molecular weight excluding hydrogens is 327 g/mol. The van der Waals surface area contributed by atoms with Crippen molar-refractivity contribution in [2.75, 3.05) is 26.2 Å². The Morgan fingerprint density at radius 2 is 2.18 bits per heavy atom. The van der Waals surface area contributed by atoms with Gasteiger partial charge in [0.2, 0.25) is 5.91 Å². The Morgan fingerprint density at radius 3 is 2.86 bits per heavy atom. The molecule has 120 valence electrons. The molecule has 1 fully saturated rings. The molecule has 1 aromatic carbocycles. The summed E-state index contributed by atoms with van der Waals surface area (Å²) in [6.07, 6.45) is 1.37. The quantitative estimate of drug-likeness (QED) is 0.827. The third kappa shape index (κ3) is 5.07. The highest BCUT2D eigenvalue weighted by Gasteiger charge is 2.21. The summed E-state index contributed by atoms with van der Waals surface area (Å²) in [5.74, 6) is -0.0300. The van der Waals surface area contributed by atoms with Crippen molar-refractivity contribution in [2.24, 2.45) is 0 Å². The van der Waals surface area contributed by atoms with Gasteiger partial charge in [-0.25, -0.2) is 4.79 Å². The minimum Gasteiger partial charge on any atom is -0.448 e. The lowest BCUT2D eigenvalue weighted by atomic mass is 10.1. The Hall–Kier alpha value is -1.46. The smallest absolute Gasteiger partial charge is 0.409 e. The molecule has 1 heterocycles. The number of nitrogens with zero attached hydrogens (tertiary/aromatic N) is 1. The van der Waals surface area contributed by atoms with Gasteiger partial charge in [0.05, 0.1) is 6.54 Å². The van der Waals surface area contributed by atoms with E-state index in [-0.39, 0.29) is 12.0 Å². The van der Waals surface area contributed by atoms with Crippen molar-refractivity contribution in [1.82, 2.24) is 10.2 Å². The molecule has 2 amide bonds. The number of amides is 2. The van der Waals surface area contributed by atoms with E-state index in [9.17, 15) is 9.59 Å². The van der Waals surface area contributed by atoms with Gasteiger partial charge < -0.3 is 15.0 Å². The maximum atomic E-state index is 11.7. The van der Waals surface area contributed by atoms with Gasteiger partial charge in [-0.3, -0.25) is 4.79 Å². The normalized spacial score (nSPS) is 14.1. The predicted molar refractivity (Wildman–Crippen MR) is 85.3 cm³/mol. The molecular formula is C15H18Cl2N2O3. The fourth-order valence-electron chi connectivity index (χ4n) is 2.21. The van der Waals surface area contributed by atoms with E-state index in [0.717, 1.165) is 5.56 Å². The molecule has 0 bridgehead atoms. The number of carbonyl (C=O) groups is 2. The van der Waals surface area contributed by atoms with Crippen LogP contribution in [0.15, 0.2) is 18.2 Å². The first kappa shape index (κ1) is 16.9. The van der Waals surface area contributed by atoms with Gasteiger partial charge in [-0.15, -0.1) is 0 Å². The molecule has 0 unspecified atom stereocenters. The van der Waals surface area contributed by atoms with Crippen LogP contribution >= 0.6 is 23.2 Å². The molecule has 0 saturated carbocycles. The number of halogens is 2. The minimum absolute atomic E-state index is 0.0300. The lowest BCUT2D eigenvalue weighted by molar-refractivity contribution is -0.121. The maximum Gasteiger partial charge on any atom is 0.409 e. The second kappa shape index (κ2) is 8.25. The second-order valence-electron chi connectivity index (χ2n) is 5.04. The first-order valence-corrected chi connectivity index (χ1v) is 7.94. The standard InChI is InChI=1S/C15H18Cl2N2O3/c16-12-4-3-11(13(17)10-12)5-6-18-14(20)2-1-7-19-8-9-22-15(19)21/h3-4,10H,1-2,5-9H2,(H,18,20). The Morgan fingerprint density at radius 1 is 1.36 bits per heavy atom. The summed E-state index contributed by atoms with van der Waals surface area (Å²) in [7, 11) is 0. The highest BCUT2D eigenvalue weighted by atomic mass is 35.5. The first-order valence-electron chi connectivity index (χ1n) is 7.18. The van der Waals surface area contributed by atoms with Crippen LogP contribution in [0.4, 0.5) is 4.79 Å². The highest BCUT2D eigenvalue weighted by Crippen LogP contribution is 2.21. The Bertz CT molecular complexity index is 552. The summed E-state index contributed by atoms with van der Waals surface area (Å²) < 4.78 is 4.82. The van der Waals surface area contributed by atoms with Crippen LogP contribution in [0, 0.1) is 0 Å². The van der Waals surface area contributed by atoms with Crippen LogP contribution in [-0.4, -0.2) is 43.1 Å². The van der Waals surface area contributed by atoms with Crippen molar-refractivity contribution in [3.05, 3.63) is 33.8 Å². The number of hydrogen-bond acceptors (Lipinski definition) is 3. The summed E-state index contributed by atoms with van der Waals surface area (Å²) in [6, 6.07) is 5.32. The molecule has 2 rings (SSSR count). The molecule has 1 aliphatic rings. The van der Waals surface area contributed by atoms with E-state index in [2.05, 4.69) is 5.32 Å². The summed E-state index contributed by atoms with van der Waals surface area (Å²) in [5, 5.41) is 4.05. The monoisotopic (exact) mass is 344 g/mol. The van der Waals surface area contributed by atoms with Crippen LogP contribution < -0.4 is 5.32 Å². The Balaban J connectivity index is 1.62. The van der Waals surface area contributed by atoms with Crippen molar-refractivity contribution < 1.29 is 14.3 Å². The van der Waals surface area contributed by atoms with E-state index >= 15 is 0 Å². The van der Waals surface area contributed by atoms with E-state index in [0.29, 0.717) is 55.5 Å². The second-order valence-corrected chi connectivity index (χ2v) is 5.88. The average Bonchev–Trinajstić information content (AvgIpc) is 2.87. The fraction of sp³-hybridized carbons (Fsp3) is 0.467. The molecule has 0 aliphatic carbocycles. The number of benzene rings is 1. The number of ether oxygens (including phenoxy) is 1. The minimum atomic E-state index is -0.294. The van der Waals surface area contributed by atoms with Gasteiger partial charge in [-0.1, -0.05) is 29.3 Å². The number of nitrogens with one attached hydrogen (secondary N) is 1. The van der Waals surface area contributed by atoms with E-state index in [4.69, 9.17) is 27.9 Å². The zero-order valence-electron chi connectivity index (χ0n) is 12.1. The highest BCUT2D eigenvalue weighted by molar-refractivity contribution is 6.35. The zero-order chi connectivity index (χ0) is 15.9. The van der Waals surface area contributed by atoms with Crippen LogP contribution in [0.25, 0.3) is 0 Å². The molecule has 0 aromatic heterocycles. The summed E-state index contributed by atoms with van der Waals surface area (Å²) in [5.41, 5.74) is 0.950. The van der Waals surface area contributed by atoms with Gasteiger partial charge in [-0.05, 0) is 30.5 Å². The third-order valence-electron chi connectivity index (χ3n) is 3.41. The van der Waals surface area contributed by atoms with Gasteiger partial charge in [-0.2, -0.15) is 0 Å². The number of cyclic esters (lactones) is 1. The number of hydrogen-bond donors (Lipinski definition) is 1. The number of rotatable bonds is 7. The molecule has 7 heteroatoms. The van der Waals surface area contributed by atoms with E-state index in [1.165, 1.54) is 0 Å². The topological polar surface area (TPSA) is 58.6 Å². The lowest BCUT2D eigenvalue weighted by Crippen LogP contribution is -2.29. The van der Waals surface area contributed by atoms with Crippen molar-refractivity contribution in [1.29, 1.82) is 0 Å². The summed E-state index contributed by atoms with van der Waals surface area (Å²) in [6.45, 7) is 2.11. The van der Waals surface area contributed by atoms with Crippen LogP contribution in [0.2, 0.25) is 10.0 Å². The Kier molecular flexibility index (Phi) is 6.34. The van der Waals surface area contributed by atoms with Crippen LogP contribution in [0.5, 0.6) is 0 Å². The Labute approximate surface area is 139 Å². The molecule has 5 nitrogen and oxygen atoms in total. The predicted octanol–water partition coefficient (Wildman–Crippen LogP) is 2.88. The average molecular weight is 345 g/mol. The third-order valence-corrected chi connectivity index (χ3v) is 4.00. The molecule has 0 spiro atoms. The van der Waals surface area contributed by atoms with E-state index < -0.39 is 0 Å². The van der Waals surface area contributed by atoms with E-state index in [1.807, 2.05) is 6.07 Å². The molecule has 1 N–H and O–H groups in total. The van der Waals surface area contributed by atoms with Gasteiger partial charge in [0.15, 0.2) is 0 Å². The van der Waals surface area contributed by atoms with Crippen molar-refractivity contribution in [3.63, 3.8) is 0 Å². The van der Waals surface area contributed by atoms with Crippen molar-refractivity contribution >= 4 is 35.2 Å². The lowest BCUT2D eigenvalue weighted by Gasteiger charge is -2.12. The van der Waals surface area contributed by atoms with Crippen LogP contribution in [0.1, 0.15) is 18.4 Å². The maximum absolute atomic E-state index is 11.7.